The number of ether oxygens (including phenoxy) is 9. The molecule has 0 rings (SSSR count). The molecule has 14 atom stereocenters. The summed E-state index contributed by atoms with van der Waals surface area (Å²) in [6.45, 7) is 18.1. The minimum absolute atomic E-state index is 0.0115. The number of aldehydes is 8. The van der Waals surface area contributed by atoms with Crippen LogP contribution in [0.15, 0.2) is 0 Å². The SMILES string of the molecule is [2H]C(=O)C(CC(C)C)NC(=O)CC(NC(=O)COCOCC(COCC(COCOCC(=O)NC(CC(=O)NC(CC(C)C)C([2H])=O)C(=O)NC(CC(C)C)C([2H])=O)OCOCC(=O)NC(CC(=O)NC(CC(C)C)C([2H])=O)C(=O)NC(CC(C)C)C([2H])=O)OCOCC(=O)NC(CC(=O)NC(CC(C)C)C([2H])=O)C(=O)NC(CC(C)C)C([2H])=O)C(=O)NC(CC(C)C)C([2H])=O. The van der Waals surface area contributed by atoms with Crippen LogP contribution in [-0.2, 0) is 139 Å². The van der Waals surface area contributed by atoms with Crippen molar-refractivity contribution in [3.05, 3.63) is 0 Å². The second-order valence-corrected chi connectivity index (χ2v) is 32.7. The van der Waals surface area contributed by atoms with Gasteiger partial charge in [0, 0.05) is 0 Å². The van der Waals surface area contributed by atoms with Crippen molar-refractivity contribution in [2.24, 2.45) is 47.3 Å². The molecule has 0 aliphatic heterocycles. The van der Waals surface area contributed by atoms with Crippen LogP contribution < -0.4 is 63.8 Å². The molecule has 12 N–H and O–H groups in total. The molecule has 0 spiro atoms. The van der Waals surface area contributed by atoms with Gasteiger partial charge in [-0.2, -0.15) is 0 Å². The maximum absolute atomic E-state index is 13.8. The predicted octanol–water partition coefficient (Wildman–Crippen LogP) is -0.959. The highest BCUT2D eigenvalue weighted by Crippen LogP contribution is 2.14. The zero-order chi connectivity index (χ0) is 100. The normalized spacial score (nSPS) is 15.8. The lowest BCUT2D eigenvalue weighted by Crippen LogP contribution is -2.53. The molecule has 41 heteroatoms. The Morgan fingerprint density at radius 1 is 0.228 bits per heavy atom. The molecule has 0 aliphatic rings. The van der Waals surface area contributed by atoms with E-state index in [1.54, 1.807) is 111 Å². The fourth-order valence-corrected chi connectivity index (χ4v) is 11.4. The van der Waals surface area contributed by atoms with E-state index in [-0.39, 0.29) is 98.7 Å². The number of carbonyl (C=O) groups is 20. The average molecular weight is 1760 g/mol. The third-order valence-corrected chi connectivity index (χ3v) is 16.8. The first-order chi connectivity index (χ1) is 61.1. The molecule has 0 aliphatic carbocycles. The van der Waals surface area contributed by atoms with E-state index in [0.29, 0.717) is 0 Å². The van der Waals surface area contributed by atoms with Crippen molar-refractivity contribution < 1.29 is 149 Å². The number of rotatable bonds is 74. The summed E-state index contributed by atoms with van der Waals surface area (Å²) < 4.78 is 113. The summed E-state index contributed by atoms with van der Waals surface area (Å²) in [7, 11) is 0. The van der Waals surface area contributed by atoms with E-state index in [1.165, 1.54) is 0 Å². The van der Waals surface area contributed by atoms with Crippen LogP contribution in [0, 0.1) is 47.3 Å². The fourth-order valence-electron chi connectivity index (χ4n) is 11.4. The van der Waals surface area contributed by atoms with Crippen LogP contribution in [0.4, 0.5) is 0 Å². The number of hydrogen-bond donors (Lipinski definition) is 12. The van der Waals surface area contributed by atoms with E-state index in [2.05, 4.69) is 63.8 Å². The molecule has 0 aromatic rings. The quantitative estimate of drug-likeness (QED) is 0.0198. The number of nitrogens with one attached hydrogen (secondary N) is 12. The third-order valence-electron chi connectivity index (χ3n) is 16.8. The lowest BCUT2D eigenvalue weighted by Gasteiger charge is -2.23. The standard InChI is InChI=1S/C82H138N12O29/c1-49(2)17-57(29-95)83-71(103)25-67(79(111)87-61(33-99)21-53(9)10)91-75(107)41-118-45-116-39-65(122-47-120-43-77(109)93-69(81(113)89-63(35-101)23-55(13)14)27-73(105)85-59(31-97)19-51(5)6)37-115-38-66(123-48-121-44-78(110)94-70(82(114)90-64(36-102)24-56(15)16)28-74(106)86-60(32-98)20-52(7)8)40-117-46-119-42-76(108)92-68(80(112)88-62(34-100)22-54(11)12)26-72(104)84-58(30-96)18-50(3)4/h29-36,49-70H,17-28,37-48H2,1-16H3,(H,83,103)(H,84,104)(H,85,105)(H,86,106)(H,87,111)(H,88,112)(H,89,113)(H,90,114)(H,91,107)(H,92,108)(H,93,109)(H,94,110)/i29D,30D,31D,32D,33D,34D,35D,36D. The molecule has 700 valence electrons. The second kappa shape index (κ2) is 66.2. The van der Waals surface area contributed by atoms with Crippen LogP contribution in [0.2, 0.25) is 0 Å². The highest BCUT2D eigenvalue weighted by atomic mass is 16.7. The minimum atomic E-state index is -1.78. The second-order valence-electron chi connectivity index (χ2n) is 32.7. The van der Waals surface area contributed by atoms with Gasteiger partial charge in [0.25, 0.3) is 0 Å². The van der Waals surface area contributed by atoms with Crippen LogP contribution in [-0.4, -0.2) is 286 Å². The van der Waals surface area contributed by atoms with Gasteiger partial charge >= 0.3 is 0 Å². The monoisotopic (exact) mass is 1760 g/mol. The Morgan fingerprint density at radius 3 is 0.577 bits per heavy atom. The van der Waals surface area contributed by atoms with E-state index in [9.17, 15) is 95.9 Å². The van der Waals surface area contributed by atoms with E-state index in [1.807, 2.05) is 0 Å². The molecule has 0 heterocycles. The van der Waals surface area contributed by atoms with Crippen molar-refractivity contribution >= 4 is 121 Å². The van der Waals surface area contributed by atoms with Gasteiger partial charge < -0.3 is 145 Å². The summed E-state index contributed by atoms with van der Waals surface area (Å²) in [5, 5.41) is 28.1. The molecule has 0 saturated heterocycles. The molecule has 41 nitrogen and oxygen atoms in total. The van der Waals surface area contributed by atoms with E-state index in [4.69, 9.17) is 53.6 Å². The van der Waals surface area contributed by atoms with Gasteiger partial charge in [-0.1, -0.05) is 111 Å². The lowest BCUT2D eigenvalue weighted by molar-refractivity contribution is -0.173. The first-order valence-electron chi connectivity index (χ1n) is 45.0. The van der Waals surface area contributed by atoms with Crippen molar-refractivity contribution in [2.75, 3.05) is 80.0 Å². The molecular formula is C82H138N12O29. The van der Waals surface area contributed by atoms with Crippen molar-refractivity contribution in [3.63, 3.8) is 0 Å². The van der Waals surface area contributed by atoms with Gasteiger partial charge in [-0.25, -0.2) is 0 Å². The summed E-state index contributed by atoms with van der Waals surface area (Å²) in [5.74, 6) is -14.1. The fraction of sp³-hybridized carbons (Fsp3) is 0.756. The van der Waals surface area contributed by atoms with E-state index in [0.717, 1.165) is 0 Å². The van der Waals surface area contributed by atoms with E-state index >= 15 is 0 Å². The largest absolute Gasteiger partial charge is 0.376 e. The molecule has 0 saturated carbocycles. The molecule has 14 unspecified atom stereocenters. The van der Waals surface area contributed by atoms with Crippen molar-refractivity contribution in [1.29, 1.82) is 0 Å². The van der Waals surface area contributed by atoms with E-state index < -0.39 is 311 Å². The first-order valence-corrected chi connectivity index (χ1v) is 41.0. The Balaban J connectivity index is 7.73. The van der Waals surface area contributed by atoms with Crippen LogP contribution in [0.3, 0.4) is 0 Å². The van der Waals surface area contributed by atoms with Crippen LogP contribution in [0.25, 0.3) is 0 Å². The predicted molar refractivity (Wildman–Crippen MR) is 442 cm³/mol. The summed E-state index contributed by atoms with van der Waals surface area (Å²) in [6, 6.07) is -17.8. The first kappa shape index (κ1) is 99.1. The van der Waals surface area contributed by atoms with Crippen molar-refractivity contribution in [1.82, 2.24) is 63.8 Å². The maximum Gasteiger partial charge on any atom is 0.246 e. The van der Waals surface area contributed by atoms with Gasteiger partial charge in [0.1, 0.15) is 151 Å². The summed E-state index contributed by atoms with van der Waals surface area (Å²) in [6.07, 6.45) is -15.4. The zero-order valence-electron chi connectivity index (χ0n) is 81.5. The van der Waals surface area contributed by atoms with Gasteiger partial charge in [0.2, 0.25) is 70.9 Å². The smallest absolute Gasteiger partial charge is 0.246 e. The van der Waals surface area contributed by atoms with Crippen LogP contribution in [0.1, 0.15) is 199 Å². The summed E-state index contributed by atoms with van der Waals surface area (Å²) >= 11 is 0. The Kier molecular flexibility index (Phi) is 53.3. The molecule has 123 heavy (non-hydrogen) atoms. The number of hydrogen-bond acceptors (Lipinski definition) is 29. The minimum Gasteiger partial charge on any atom is -0.376 e. The van der Waals surface area contributed by atoms with Gasteiger partial charge in [-0.15, -0.1) is 0 Å². The zero-order valence-corrected chi connectivity index (χ0v) is 73.5. The molecular weight excluding hydrogens is 1620 g/mol. The Hall–Kier alpha value is -9.36. The van der Waals surface area contributed by atoms with Gasteiger partial charge in [-0.3, -0.25) is 57.5 Å². The summed E-state index contributed by atoms with van der Waals surface area (Å²) in [5.41, 5.74) is 0. The molecule has 0 radical (unpaired) electrons. The molecule has 0 bridgehead atoms. The maximum atomic E-state index is 13.8. The molecule has 0 fully saturated rings. The van der Waals surface area contributed by atoms with Gasteiger partial charge in [-0.05, 0) is 98.7 Å². The highest BCUT2D eigenvalue weighted by molar-refractivity contribution is 5.97. The van der Waals surface area contributed by atoms with Crippen molar-refractivity contribution in [3.8, 4) is 0 Å². The molecule has 12 amide bonds. The topological polar surface area (TPSA) is 569 Å². The van der Waals surface area contributed by atoms with Crippen LogP contribution >= 0.6 is 0 Å². The Morgan fingerprint density at radius 2 is 0.398 bits per heavy atom. The van der Waals surface area contributed by atoms with Crippen molar-refractivity contribution in [2.45, 2.75) is 273 Å². The molecule has 0 aromatic carbocycles. The summed E-state index contributed by atoms with van der Waals surface area (Å²) in [4.78, 5) is 261. The lowest BCUT2D eigenvalue weighted by atomic mass is 10.0. The Bertz CT molecular complexity index is 3490. The van der Waals surface area contributed by atoms with Crippen LogP contribution in [0.5, 0.6) is 0 Å². The Labute approximate surface area is 731 Å². The number of carbonyl (C=O) groups excluding carboxylic acids is 20. The molecule has 0 aromatic heterocycles. The highest BCUT2D eigenvalue weighted by Gasteiger charge is 2.33. The number of amides is 12. The van der Waals surface area contributed by atoms with Gasteiger partial charge in [0.05, 0.1) is 100 Å². The van der Waals surface area contributed by atoms with Gasteiger partial charge in [0.15, 0.2) is 0 Å². The average Bonchev–Trinajstić information content (AvgIpc) is 0.887. The third kappa shape index (κ3) is 57.7.